The highest BCUT2D eigenvalue weighted by atomic mass is 32.2. The Morgan fingerprint density at radius 2 is 1.73 bits per heavy atom. The van der Waals surface area contributed by atoms with Crippen molar-refractivity contribution < 1.29 is 26.4 Å². The summed E-state index contributed by atoms with van der Waals surface area (Å²) in [5, 5.41) is 3.86. The van der Waals surface area contributed by atoms with Crippen molar-refractivity contribution in [2.75, 3.05) is 17.9 Å². The molecule has 0 radical (unpaired) electrons. The molecule has 2 aromatic heterocycles. The second-order valence-corrected chi connectivity index (χ2v) is 13.0. The highest BCUT2D eigenvalue weighted by Crippen LogP contribution is 2.38. The number of anilines is 1. The van der Waals surface area contributed by atoms with Crippen LogP contribution in [0.25, 0.3) is 0 Å². The molecule has 0 saturated heterocycles. The van der Waals surface area contributed by atoms with Gasteiger partial charge < -0.3 is 10.1 Å². The third kappa shape index (κ3) is 4.70. The van der Waals surface area contributed by atoms with Gasteiger partial charge in [-0.1, -0.05) is 18.2 Å². The molecule has 1 aliphatic heterocycles. The van der Waals surface area contributed by atoms with Crippen LogP contribution in [0.2, 0.25) is 0 Å². The van der Waals surface area contributed by atoms with E-state index in [2.05, 4.69) is 10.3 Å². The minimum Gasteiger partial charge on any atom is -0.457 e. The monoisotopic (exact) mass is 555 g/mol. The minimum atomic E-state index is -3.97. The minimum absolute atomic E-state index is 0.0475. The molecule has 0 saturated carbocycles. The highest BCUT2D eigenvalue weighted by molar-refractivity contribution is 7.95. The van der Waals surface area contributed by atoms with E-state index in [9.17, 15) is 21.6 Å². The van der Waals surface area contributed by atoms with Gasteiger partial charge in [0.25, 0.3) is 15.9 Å². The number of hydrogen-bond donors (Lipinski definition) is 1. The summed E-state index contributed by atoms with van der Waals surface area (Å²) < 4.78 is 59.8. The second kappa shape index (κ2) is 9.61. The summed E-state index contributed by atoms with van der Waals surface area (Å²) in [6, 6.07) is 17.3. The van der Waals surface area contributed by atoms with E-state index in [1.807, 2.05) is 0 Å². The first-order valence-corrected chi connectivity index (χ1v) is 14.9. The maximum Gasteiger partial charge on any atom is 0.273 e. The first-order valence-electron chi connectivity index (χ1n) is 11.1. The normalized spacial score (nSPS) is 13.3. The number of carbonyl (C=O) groups is 1. The predicted octanol–water partition coefficient (Wildman–Crippen LogP) is 3.88. The Bertz CT molecular complexity index is 1700. The topological polar surface area (TPSA) is 123 Å². The molecule has 0 spiro atoms. The van der Waals surface area contributed by atoms with Crippen molar-refractivity contribution in [3.8, 4) is 11.5 Å². The lowest BCUT2D eigenvalue weighted by Crippen LogP contribution is -2.28. The number of benzene rings is 2. The van der Waals surface area contributed by atoms with Crippen molar-refractivity contribution in [2.24, 2.45) is 0 Å². The number of pyridine rings is 1. The molecular formula is C25H21N3O6S3. The van der Waals surface area contributed by atoms with Gasteiger partial charge in [0.2, 0.25) is 9.84 Å². The van der Waals surface area contributed by atoms with E-state index in [1.54, 1.807) is 42.5 Å². The molecule has 1 N–H and O–H groups in total. The summed E-state index contributed by atoms with van der Waals surface area (Å²) >= 11 is 0.878. The molecule has 0 aliphatic carbocycles. The van der Waals surface area contributed by atoms with Crippen molar-refractivity contribution in [3.63, 3.8) is 0 Å². The molecule has 9 nitrogen and oxygen atoms in total. The van der Waals surface area contributed by atoms with E-state index in [1.165, 1.54) is 47.2 Å². The van der Waals surface area contributed by atoms with Gasteiger partial charge in [0.1, 0.15) is 21.4 Å². The number of fused-ring (bicyclic) bond motifs is 1. The number of amides is 1. The number of rotatable bonds is 7. The zero-order valence-electron chi connectivity index (χ0n) is 19.5. The predicted molar refractivity (Wildman–Crippen MR) is 139 cm³/mol. The number of sulfonamides is 1. The van der Waals surface area contributed by atoms with Crippen LogP contribution in [0.3, 0.4) is 0 Å². The summed E-state index contributed by atoms with van der Waals surface area (Å²) in [4.78, 5) is 15.9. The van der Waals surface area contributed by atoms with Gasteiger partial charge in [0.15, 0.2) is 0 Å². The Morgan fingerprint density at radius 1 is 0.973 bits per heavy atom. The third-order valence-corrected chi connectivity index (χ3v) is 10.9. The van der Waals surface area contributed by atoms with Crippen LogP contribution in [0.1, 0.15) is 16.1 Å². The largest absolute Gasteiger partial charge is 0.457 e. The van der Waals surface area contributed by atoms with E-state index in [0.717, 1.165) is 16.9 Å². The van der Waals surface area contributed by atoms with Crippen molar-refractivity contribution in [3.05, 3.63) is 89.6 Å². The number of ether oxygens (including phenoxy) is 1. The number of hydrogen-bond acceptors (Lipinski definition) is 8. The van der Waals surface area contributed by atoms with Crippen LogP contribution in [0.5, 0.6) is 11.5 Å². The number of thiophene rings is 1. The zero-order chi connectivity index (χ0) is 26.2. The first-order chi connectivity index (χ1) is 17.7. The molecule has 3 heterocycles. The zero-order valence-corrected chi connectivity index (χ0v) is 21.9. The number of sulfone groups is 1. The van der Waals surface area contributed by atoms with Gasteiger partial charge in [-0.15, -0.1) is 11.3 Å². The standard InChI is InChI=1S/C25H21N3O6S3/c1-26-25(29)22-14-19(9-11-27-22)34-18-7-8-23-17(13-18)10-12-28(23)37(32,33)24-15-21(16-35-24)36(30,31)20-5-3-2-4-6-20/h2-9,11,13-16H,10,12H2,1H3,(H,26,29). The lowest BCUT2D eigenvalue weighted by atomic mass is 10.1. The fourth-order valence-corrected chi connectivity index (χ4v) is 8.46. The molecule has 12 heteroatoms. The van der Waals surface area contributed by atoms with Crippen LogP contribution < -0.4 is 14.4 Å². The molecule has 4 aromatic rings. The fourth-order valence-electron chi connectivity index (χ4n) is 3.94. The smallest absolute Gasteiger partial charge is 0.273 e. The van der Waals surface area contributed by atoms with E-state index in [-0.39, 0.29) is 32.1 Å². The van der Waals surface area contributed by atoms with Gasteiger partial charge in [0, 0.05) is 31.2 Å². The molecule has 1 aliphatic rings. The molecule has 0 atom stereocenters. The van der Waals surface area contributed by atoms with E-state index >= 15 is 0 Å². The van der Waals surface area contributed by atoms with Crippen LogP contribution in [0.15, 0.2) is 92.3 Å². The maximum absolute atomic E-state index is 13.4. The molecular weight excluding hydrogens is 534 g/mol. The van der Waals surface area contributed by atoms with Crippen LogP contribution >= 0.6 is 11.3 Å². The number of aromatic nitrogens is 1. The molecule has 1 amide bonds. The van der Waals surface area contributed by atoms with E-state index in [0.29, 0.717) is 23.6 Å². The van der Waals surface area contributed by atoms with Gasteiger partial charge in [-0.25, -0.2) is 16.8 Å². The molecule has 37 heavy (non-hydrogen) atoms. The van der Waals surface area contributed by atoms with Gasteiger partial charge in [-0.05, 0) is 54.4 Å². The van der Waals surface area contributed by atoms with Gasteiger partial charge in [0.05, 0.1) is 15.5 Å². The average molecular weight is 556 g/mol. The van der Waals surface area contributed by atoms with Gasteiger partial charge in [-0.2, -0.15) is 0 Å². The lowest BCUT2D eigenvalue weighted by Gasteiger charge is -2.18. The molecule has 2 aromatic carbocycles. The van der Waals surface area contributed by atoms with E-state index < -0.39 is 19.9 Å². The highest BCUT2D eigenvalue weighted by Gasteiger charge is 2.33. The Balaban J connectivity index is 1.39. The molecule has 0 fully saturated rings. The Kier molecular flexibility index (Phi) is 6.48. The number of carbonyl (C=O) groups excluding carboxylic acids is 1. The third-order valence-electron chi connectivity index (χ3n) is 5.79. The van der Waals surface area contributed by atoms with Crippen LogP contribution in [-0.4, -0.2) is 41.3 Å². The molecule has 0 bridgehead atoms. The van der Waals surface area contributed by atoms with Crippen LogP contribution in [0, 0.1) is 0 Å². The first kappa shape index (κ1) is 24.9. The summed E-state index contributed by atoms with van der Waals surface area (Å²) in [7, 11) is -6.29. The van der Waals surface area contributed by atoms with Crippen molar-refractivity contribution in [1.82, 2.24) is 10.3 Å². The van der Waals surface area contributed by atoms with Gasteiger partial charge in [-0.3, -0.25) is 14.1 Å². The summed E-state index contributed by atoms with van der Waals surface area (Å²) in [5.74, 6) is 0.565. The Hall–Kier alpha value is -3.74. The quantitative estimate of drug-likeness (QED) is 0.367. The maximum atomic E-state index is 13.4. The van der Waals surface area contributed by atoms with Crippen LogP contribution in [0.4, 0.5) is 5.69 Å². The molecule has 5 rings (SSSR count). The Labute approximate surface area is 218 Å². The van der Waals surface area contributed by atoms with Crippen LogP contribution in [-0.2, 0) is 26.3 Å². The average Bonchev–Trinajstić information content (AvgIpc) is 3.58. The van der Waals surface area contributed by atoms with Crippen molar-refractivity contribution >= 4 is 42.8 Å². The summed E-state index contributed by atoms with van der Waals surface area (Å²) in [5.41, 5.74) is 1.49. The summed E-state index contributed by atoms with van der Waals surface area (Å²) in [6.45, 7) is 0.218. The fraction of sp³-hybridized carbons (Fsp3) is 0.120. The number of nitrogens with zero attached hydrogens (tertiary/aromatic N) is 2. The summed E-state index contributed by atoms with van der Waals surface area (Å²) in [6.07, 6.45) is 1.93. The van der Waals surface area contributed by atoms with Crippen molar-refractivity contribution in [2.45, 2.75) is 20.4 Å². The number of nitrogens with one attached hydrogen (secondary N) is 1. The molecule has 0 unspecified atom stereocenters. The molecule has 190 valence electrons. The van der Waals surface area contributed by atoms with E-state index in [4.69, 9.17) is 4.74 Å². The van der Waals surface area contributed by atoms with Crippen molar-refractivity contribution in [1.29, 1.82) is 0 Å². The van der Waals surface area contributed by atoms with Gasteiger partial charge >= 0.3 is 0 Å². The SMILES string of the molecule is CNC(=O)c1cc(Oc2ccc3c(c2)CCN3S(=O)(=O)c2cc(S(=O)(=O)c3ccccc3)cs2)ccn1. The lowest BCUT2D eigenvalue weighted by molar-refractivity contribution is 0.0957. The Morgan fingerprint density at radius 3 is 2.49 bits per heavy atom. The second-order valence-electron chi connectivity index (χ2n) is 8.09.